The zero-order valence-electron chi connectivity index (χ0n) is 11.8. The van der Waals surface area contributed by atoms with E-state index in [2.05, 4.69) is 53.4 Å². The minimum Gasteiger partial charge on any atom is -0.316 e. The summed E-state index contributed by atoms with van der Waals surface area (Å²) >= 11 is 0. The van der Waals surface area contributed by atoms with Crippen LogP contribution in [0.3, 0.4) is 0 Å². The van der Waals surface area contributed by atoms with Gasteiger partial charge in [0.25, 0.3) is 0 Å². The van der Waals surface area contributed by atoms with E-state index in [1.54, 1.807) is 0 Å². The Bertz CT molecular complexity index is 378. The Morgan fingerprint density at radius 2 is 1.94 bits per heavy atom. The van der Waals surface area contributed by atoms with Crippen LogP contribution < -0.4 is 5.32 Å². The molecule has 0 spiro atoms. The number of likely N-dealkylation sites (N-methyl/N-ethyl adjacent to an activating group) is 1. The molecule has 0 aromatic heterocycles. The number of rotatable bonds is 4. The molecule has 1 aromatic carbocycles. The summed E-state index contributed by atoms with van der Waals surface area (Å²) in [6.45, 7) is 7.89. The molecule has 1 aliphatic rings. The number of benzene rings is 1. The Hall–Kier alpha value is -0.900. The fraction of sp³-hybridized carbons (Fsp3) is 0.600. The number of piperazine rings is 1. The number of hydrogen-bond acceptors (Lipinski definition) is 3. The third-order valence-electron chi connectivity index (χ3n) is 3.83. The first-order valence-electron chi connectivity index (χ1n) is 6.84. The van der Waals surface area contributed by atoms with Crippen molar-refractivity contribution in [1.29, 1.82) is 0 Å². The highest BCUT2D eigenvalue weighted by atomic mass is 15.3. The molecule has 2 rings (SSSR count). The third-order valence-corrected chi connectivity index (χ3v) is 3.83. The molecule has 1 unspecified atom stereocenters. The summed E-state index contributed by atoms with van der Waals surface area (Å²) in [6, 6.07) is 9.41. The molecule has 1 fully saturated rings. The quantitative estimate of drug-likeness (QED) is 0.871. The lowest BCUT2D eigenvalue weighted by Gasteiger charge is -2.38. The zero-order chi connectivity index (χ0) is 13.0. The molecule has 1 N–H and O–H groups in total. The summed E-state index contributed by atoms with van der Waals surface area (Å²) in [5, 5.41) is 3.25. The van der Waals surface area contributed by atoms with Crippen LogP contribution in [0.5, 0.6) is 0 Å². The van der Waals surface area contributed by atoms with Crippen molar-refractivity contribution in [2.75, 3.05) is 33.7 Å². The van der Waals surface area contributed by atoms with E-state index in [0.717, 1.165) is 13.1 Å². The van der Waals surface area contributed by atoms with Crippen LogP contribution in [0.4, 0.5) is 0 Å². The molecule has 0 bridgehead atoms. The molecule has 3 heteroatoms. The van der Waals surface area contributed by atoms with Crippen molar-refractivity contribution >= 4 is 0 Å². The van der Waals surface area contributed by atoms with Gasteiger partial charge in [-0.2, -0.15) is 0 Å². The van der Waals surface area contributed by atoms with Gasteiger partial charge in [0.15, 0.2) is 0 Å². The first-order chi connectivity index (χ1) is 8.70. The zero-order valence-corrected chi connectivity index (χ0v) is 11.8. The average molecular weight is 247 g/mol. The SMILES string of the molecule is CNCc1ccccc1CN1CCN(C)CC1C. The highest BCUT2D eigenvalue weighted by Gasteiger charge is 2.21. The van der Waals surface area contributed by atoms with Gasteiger partial charge in [0.1, 0.15) is 0 Å². The van der Waals surface area contributed by atoms with Crippen molar-refractivity contribution in [2.24, 2.45) is 0 Å². The molecule has 1 atom stereocenters. The molecule has 1 aromatic rings. The standard InChI is InChI=1S/C15H25N3/c1-13-11-17(3)8-9-18(13)12-15-7-5-4-6-14(15)10-16-2/h4-7,13,16H,8-12H2,1-3H3. The molecule has 1 aliphatic heterocycles. The van der Waals surface area contributed by atoms with Crippen molar-refractivity contribution < 1.29 is 0 Å². The van der Waals surface area contributed by atoms with Crippen LogP contribution in [0.1, 0.15) is 18.1 Å². The van der Waals surface area contributed by atoms with E-state index >= 15 is 0 Å². The van der Waals surface area contributed by atoms with Crippen LogP contribution >= 0.6 is 0 Å². The van der Waals surface area contributed by atoms with Crippen LogP contribution in [0.2, 0.25) is 0 Å². The number of nitrogens with one attached hydrogen (secondary N) is 1. The molecule has 0 radical (unpaired) electrons. The van der Waals surface area contributed by atoms with Gasteiger partial charge in [-0.3, -0.25) is 4.90 Å². The first kappa shape index (κ1) is 13.5. The number of hydrogen-bond donors (Lipinski definition) is 1. The fourth-order valence-electron chi connectivity index (χ4n) is 2.71. The lowest BCUT2D eigenvalue weighted by molar-refractivity contribution is 0.0936. The van der Waals surface area contributed by atoms with E-state index in [1.807, 2.05) is 7.05 Å². The molecule has 0 amide bonds. The van der Waals surface area contributed by atoms with Crippen LogP contribution in [-0.4, -0.2) is 49.6 Å². The molecular formula is C15H25N3. The predicted octanol–water partition coefficient (Wildman–Crippen LogP) is 1.54. The van der Waals surface area contributed by atoms with Crippen molar-refractivity contribution in [2.45, 2.75) is 26.1 Å². The molecule has 100 valence electrons. The minimum absolute atomic E-state index is 0.645. The fourth-order valence-corrected chi connectivity index (χ4v) is 2.71. The van der Waals surface area contributed by atoms with Crippen molar-refractivity contribution in [3.8, 4) is 0 Å². The van der Waals surface area contributed by atoms with Crippen LogP contribution in [0, 0.1) is 0 Å². The summed E-state index contributed by atoms with van der Waals surface area (Å²) in [6.07, 6.45) is 0. The van der Waals surface area contributed by atoms with Crippen molar-refractivity contribution in [3.63, 3.8) is 0 Å². The van der Waals surface area contributed by atoms with Crippen molar-refractivity contribution in [3.05, 3.63) is 35.4 Å². The Labute approximate surface area is 111 Å². The first-order valence-corrected chi connectivity index (χ1v) is 6.84. The molecule has 1 saturated heterocycles. The van der Waals surface area contributed by atoms with E-state index in [4.69, 9.17) is 0 Å². The smallest absolute Gasteiger partial charge is 0.0240 e. The van der Waals surface area contributed by atoms with Crippen LogP contribution in [-0.2, 0) is 13.1 Å². The highest BCUT2D eigenvalue weighted by Crippen LogP contribution is 2.16. The van der Waals surface area contributed by atoms with Gasteiger partial charge >= 0.3 is 0 Å². The monoisotopic (exact) mass is 247 g/mol. The second kappa shape index (κ2) is 6.32. The van der Waals surface area contributed by atoms with Crippen LogP contribution in [0.15, 0.2) is 24.3 Å². The van der Waals surface area contributed by atoms with E-state index in [9.17, 15) is 0 Å². The van der Waals surface area contributed by atoms with Gasteiger partial charge in [0, 0.05) is 38.8 Å². The maximum Gasteiger partial charge on any atom is 0.0240 e. The highest BCUT2D eigenvalue weighted by molar-refractivity contribution is 5.27. The Balaban J connectivity index is 2.04. The Morgan fingerprint density at radius 1 is 1.22 bits per heavy atom. The lowest BCUT2D eigenvalue weighted by Crippen LogP contribution is -2.49. The summed E-state index contributed by atoms with van der Waals surface area (Å²) in [5.41, 5.74) is 2.88. The molecule has 18 heavy (non-hydrogen) atoms. The van der Waals surface area contributed by atoms with Gasteiger partial charge < -0.3 is 10.2 Å². The molecule has 0 saturated carbocycles. The summed E-state index contributed by atoms with van der Waals surface area (Å²) in [5.74, 6) is 0. The Kier molecular flexibility index (Phi) is 4.75. The normalized spacial score (nSPS) is 22.3. The van der Waals surface area contributed by atoms with E-state index in [0.29, 0.717) is 6.04 Å². The van der Waals surface area contributed by atoms with Gasteiger partial charge in [-0.25, -0.2) is 0 Å². The largest absolute Gasteiger partial charge is 0.316 e. The van der Waals surface area contributed by atoms with Gasteiger partial charge in [-0.05, 0) is 32.1 Å². The van der Waals surface area contributed by atoms with E-state index < -0.39 is 0 Å². The maximum absolute atomic E-state index is 3.25. The van der Waals surface area contributed by atoms with Crippen molar-refractivity contribution in [1.82, 2.24) is 15.1 Å². The third kappa shape index (κ3) is 3.31. The van der Waals surface area contributed by atoms with Gasteiger partial charge in [0.05, 0.1) is 0 Å². The topological polar surface area (TPSA) is 18.5 Å². The van der Waals surface area contributed by atoms with E-state index in [1.165, 1.54) is 30.8 Å². The minimum atomic E-state index is 0.645. The predicted molar refractivity (Wildman–Crippen MR) is 76.6 cm³/mol. The summed E-state index contributed by atoms with van der Waals surface area (Å²) < 4.78 is 0. The molecule has 1 heterocycles. The second-order valence-electron chi connectivity index (χ2n) is 5.38. The average Bonchev–Trinajstić information content (AvgIpc) is 2.35. The molecule has 3 nitrogen and oxygen atoms in total. The van der Waals surface area contributed by atoms with Crippen LogP contribution in [0.25, 0.3) is 0 Å². The number of nitrogens with zero attached hydrogens (tertiary/aromatic N) is 2. The van der Waals surface area contributed by atoms with E-state index in [-0.39, 0.29) is 0 Å². The maximum atomic E-state index is 3.25. The lowest BCUT2D eigenvalue weighted by atomic mass is 10.1. The molecule has 0 aliphatic carbocycles. The summed E-state index contributed by atoms with van der Waals surface area (Å²) in [7, 11) is 4.22. The van der Waals surface area contributed by atoms with Gasteiger partial charge in [0.2, 0.25) is 0 Å². The Morgan fingerprint density at radius 3 is 2.61 bits per heavy atom. The van der Waals surface area contributed by atoms with Gasteiger partial charge in [-0.1, -0.05) is 24.3 Å². The second-order valence-corrected chi connectivity index (χ2v) is 5.38. The molecular weight excluding hydrogens is 222 g/mol. The summed E-state index contributed by atoms with van der Waals surface area (Å²) in [4.78, 5) is 5.01. The van der Waals surface area contributed by atoms with Gasteiger partial charge in [-0.15, -0.1) is 0 Å².